The van der Waals surface area contributed by atoms with Crippen molar-refractivity contribution < 1.29 is 14.6 Å². The summed E-state index contributed by atoms with van der Waals surface area (Å²) in [4.78, 5) is 12.1. The van der Waals surface area contributed by atoms with Gasteiger partial charge < -0.3 is 20.5 Å². The minimum atomic E-state index is -0.297. The molecule has 2 amide bonds. The highest BCUT2D eigenvalue weighted by atomic mass is 16.5. The van der Waals surface area contributed by atoms with Crippen molar-refractivity contribution in [2.24, 2.45) is 5.92 Å². The number of ether oxygens (including phenoxy) is 1. The molecule has 0 fully saturated rings. The Morgan fingerprint density at radius 3 is 2.52 bits per heavy atom. The van der Waals surface area contributed by atoms with E-state index in [1.807, 2.05) is 39.0 Å². The smallest absolute Gasteiger partial charge is 0.319 e. The average molecular weight is 322 g/mol. The molecule has 130 valence electrons. The van der Waals surface area contributed by atoms with Crippen molar-refractivity contribution >= 4 is 11.7 Å². The van der Waals surface area contributed by atoms with Crippen molar-refractivity contribution in [3.05, 3.63) is 29.3 Å². The number of carbonyl (C=O) groups is 1. The lowest BCUT2D eigenvalue weighted by atomic mass is 10.0. The van der Waals surface area contributed by atoms with Crippen LogP contribution in [-0.2, 0) is 11.3 Å². The van der Waals surface area contributed by atoms with Gasteiger partial charge in [-0.05, 0) is 50.3 Å². The third kappa shape index (κ3) is 7.01. The minimum Gasteiger partial charge on any atom is -0.394 e. The molecule has 0 aliphatic carbocycles. The van der Waals surface area contributed by atoms with E-state index in [1.165, 1.54) is 0 Å². The molecule has 1 aromatic rings. The Hall–Kier alpha value is -1.59. The molecule has 0 aliphatic rings. The molecule has 0 saturated heterocycles. The first-order valence-corrected chi connectivity index (χ1v) is 8.22. The van der Waals surface area contributed by atoms with Crippen LogP contribution < -0.4 is 10.6 Å². The molecule has 5 heteroatoms. The summed E-state index contributed by atoms with van der Waals surface area (Å²) in [5.41, 5.74) is 2.80. The van der Waals surface area contributed by atoms with Crippen molar-refractivity contribution in [2.75, 3.05) is 11.9 Å². The highest BCUT2D eigenvalue weighted by Gasteiger charge is 2.14. The Morgan fingerprint density at radius 1 is 1.26 bits per heavy atom. The molecule has 1 atom stereocenters. The molecule has 0 aromatic heterocycles. The number of hydrogen-bond acceptors (Lipinski definition) is 3. The lowest BCUT2D eigenvalue weighted by molar-refractivity contribution is 0.0654. The fourth-order valence-corrected chi connectivity index (χ4v) is 2.32. The number of nitrogens with one attached hydrogen (secondary N) is 2. The van der Waals surface area contributed by atoms with Gasteiger partial charge in [0.15, 0.2) is 0 Å². The first-order chi connectivity index (χ1) is 10.8. The summed E-state index contributed by atoms with van der Waals surface area (Å²) in [7, 11) is 0. The summed E-state index contributed by atoms with van der Waals surface area (Å²) in [5, 5.41) is 15.0. The lowest BCUT2D eigenvalue weighted by Crippen LogP contribution is -2.41. The third-order valence-corrected chi connectivity index (χ3v) is 3.58. The second-order valence-corrected chi connectivity index (χ2v) is 6.56. The maximum absolute atomic E-state index is 12.1. The van der Waals surface area contributed by atoms with Crippen molar-refractivity contribution in [3.8, 4) is 0 Å². The maximum atomic E-state index is 12.1. The van der Waals surface area contributed by atoms with E-state index in [4.69, 9.17) is 4.74 Å². The van der Waals surface area contributed by atoms with Crippen LogP contribution in [0, 0.1) is 12.8 Å². The van der Waals surface area contributed by atoms with Gasteiger partial charge in [-0.2, -0.15) is 0 Å². The van der Waals surface area contributed by atoms with Gasteiger partial charge in [0.2, 0.25) is 0 Å². The SMILES string of the molecule is Cc1c(COC(C)C)cccc1NC(=O)NC(CO)CC(C)C. The van der Waals surface area contributed by atoms with Gasteiger partial charge in [0.25, 0.3) is 0 Å². The Morgan fingerprint density at radius 2 is 1.96 bits per heavy atom. The zero-order valence-corrected chi connectivity index (χ0v) is 14.8. The Kier molecular flexibility index (Phi) is 8.06. The molecule has 0 heterocycles. The molecule has 0 saturated carbocycles. The zero-order valence-electron chi connectivity index (χ0n) is 14.8. The fourth-order valence-electron chi connectivity index (χ4n) is 2.32. The molecular formula is C18H30N2O3. The molecular weight excluding hydrogens is 292 g/mol. The molecule has 23 heavy (non-hydrogen) atoms. The van der Waals surface area contributed by atoms with Gasteiger partial charge in [-0.1, -0.05) is 26.0 Å². The molecule has 1 unspecified atom stereocenters. The minimum absolute atomic E-state index is 0.0626. The summed E-state index contributed by atoms with van der Waals surface area (Å²) in [6, 6.07) is 5.23. The quantitative estimate of drug-likeness (QED) is 0.686. The van der Waals surface area contributed by atoms with E-state index in [-0.39, 0.29) is 24.8 Å². The maximum Gasteiger partial charge on any atom is 0.319 e. The molecule has 0 radical (unpaired) electrons. The highest BCUT2D eigenvalue weighted by Crippen LogP contribution is 2.20. The normalized spacial score (nSPS) is 12.5. The number of urea groups is 1. The van der Waals surface area contributed by atoms with E-state index in [0.29, 0.717) is 12.5 Å². The van der Waals surface area contributed by atoms with Crippen LogP contribution in [0.4, 0.5) is 10.5 Å². The van der Waals surface area contributed by atoms with E-state index < -0.39 is 0 Å². The predicted octanol–water partition coefficient (Wildman–Crippen LogP) is 3.45. The van der Waals surface area contributed by atoms with Crippen molar-refractivity contribution in [3.63, 3.8) is 0 Å². The zero-order chi connectivity index (χ0) is 17.4. The standard InChI is InChI=1S/C18H30N2O3/c1-12(2)9-16(10-21)19-18(22)20-17-8-6-7-15(14(17)5)11-23-13(3)4/h6-8,12-13,16,21H,9-11H2,1-5H3,(H2,19,20,22). The highest BCUT2D eigenvalue weighted by molar-refractivity contribution is 5.90. The predicted molar refractivity (Wildman–Crippen MR) is 93.6 cm³/mol. The molecule has 1 aromatic carbocycles. The monoisotopic (exact) mass is 322 g/mol. The Balaban J connectivity index is 2.69. The van der Waals surface area contributed by atoms with Crippen LogP contribution in [0.15, 0.2) is 18.2 Å². The van der Waals surface area contributed by atoms with Crippen molar-refractivity contribution in [1.82, 2.24) is 5.32 Å². The number of aliphatic hydroxyl groups excluding tert-OH is 1. The molecule has 0 spiro atoms. The van der Waals surface area contributed by atoms with E-state index >= 15 is 0 Å². The van der Waals surface area contributed by atoms with Crippen LogP contribution in [0.2, 0.25) is 0 Å². The van der Waals surface area contributed by atoms with Gasteiger partial charge in [0.05, 0.1) is 25.4 Å². The van der Waals surface area contributed by atoms with Crippen LogP contribution in [0.5, 0.6) is 0 Å². The lowest BCUT2D eigenvalue weighted by Gasteiger charge is -2.19. The number of carbonyl (C=O) groups excluding carboxylic acids is 1. The number of benzene rings is 1. The van der Waals surface area contributed by atoms with Crippen molar-refractivity contribution in [2.45, 2.75) is 59.8 Å². The molecule has 3 N–H and O–H groups in total. The van der Waals surface area contributed by atoms with Gasteiger partial charge in [-0.3, -0.25) is 0 Å². The van der Waals surface area contributed by atoms with Crippen LogP contribution in [0.3, 0.4) is 0 Å². The summed E-state index contributed by atoms with van der Waals surface area (Å²) in [5.74, 6) is 0.408. The number of anilines is 1. The van der Waals surface area contributed by atoms with Gasteiger partial charge in [-0.25, -0.2) is 4.79 Å². The topological polar surface area (TPSA) is 70.6 Å². The van der Waals surface area contributed by atoms with E-state index in [2.05, 4.69) is 24.5 Å². The van der Waals surface area contributed by atoms with E-state index in [9.17, 15) is 9.90 Å². The molecule has 0 bridgehead atoms. The van der Waals surface area contributed by atoms with Crippen LogP contribution in [0.1, 0.15) is 45.2 Å². The van der Waals surface area contributed by atoms with Crippen LogP contribution in [-0.4, -0.2) is 29.9 Å². The second-order valence-electron chi connectivity index (χ2n) is 6.56. The Bertz CT molecular complexity index is 501. The second kappa shape index (κ2) is 9.53. The first-order valence-electron chi connectivity index (χ1n) is 8.22. The Labute approximate surface area is 139 Å². The van der Waals surface area contributed by atoms with Gasteiger partial charge in [0.1, 0.15) is 0 Å². The summed E-state index contributed by atoms with van der Waals surface area (Å²) in [6.45, 7) is 10.5. The summed E-state index contributed by atoms with van der Waals surface area (Å²) >= 11 is 0. The largest absolute Gasteiger partial charge is 0.394 e. The number of rotatable bonds is 8. The van der Waals surface area contributed by atoms with Crippen LogP contribution in [0.25, 0.3) is 0 Å². The number of amides is 2. The van der Waals surface area contributed by atoms with Gasteiger partial charge in [-0.15, -0.1) is 0 Å². The summed E-state index contributed by atoms with van der Waals surface area (Å²) < 4.78 is 5.63. The molecule has 0 aliphatic heterocycles. The number of aliphatic hydroxyl groups is 1. The van der Waals surface area contributed by atoms with Crippen molar-refractivity contribution in [1.29, 1.82) is 0 Å². The molecule has 1 rings (SSSR count). The first kappa shape index (κ1) is 19.5. The van der Waals surface area contributed by atoms with E-state index in [0.717, 1.165) is 23.2 Å². The number of hydrogen-bond donors (Lipinski definition) is 3. The van der Waals surface area contributed by atoms with Gasteiger partial charge in [0, 0.05) is 5.69 Å². The molecule has 5 nitrogen and oxygen atoms in total. The third-order valence-electron chi connectivity index (χ3n) is 3.58. The summed E-state index contributed by atoms with van der Waals surface area (Å²) in [6.07, 6.45) is 0.904. The average Bonchev–Trinajstić information content (AvgIpc) is 2.46. The fraction of sp³-hybridized carbons (Fsp3) is 0.611. The van der Waals surface area contributed by atoms with Crippen LogP contribution >= 0.6 is 0 Å². The van der Waals surface area contributed by atoms with Gasteiger partial charge >= 0.3 is 6.03 Å². The van der Waals surface area contributed by atoms with E-state index in [1.54, 1.807) is 0 Å².